The molecular weight excluding hydrogens is 145 g/mol. The molecule has 2 nitrogen and oxygen atoms in total. The number of alkyl halides is 1. The zero-order chi connectivity index (χ0) is 7.95. The van der Waals surface area contributed by atoms with Crippen LogP contribution in [-0.2, 0) is 0 Å². The van der Waals surface area contributed by atoms with Crippen molar-refractivity contribution in [3.8, 4) is 0 Å². The molecule has 2 rings (SSSR count). The molecule has 0 aromatic carbocycles. The summed E-state index contributed by atoms with van der Waals surface area (Å²) in [7, 11) is 0. The minimum Gasteiger partial charge on any atom is -0.393 e. The van der Waals surface area contributed by atoms with Crippen molar-refractivity contribution in [1.82, 2.24) is 5.32 Å². The van der Waals surface area contributed by atoms with Gasteiger partial charge in [-0.1, -0.05) is 6.42 Å². The van der Waals surface area contributed by atoms with Crippen LogP contribution in [0, 0.1) is 5.41 Å². The molecule has 1 saturated carbocycles. The first kappa shape index (κ1) is 7.50. The molecule has 1 heterocycles. The van der Waals surface area contributed by atoms with Crippen molar-refractivity contribution in [3.05, 3.63) is 0 Å². The van der Waals surface area contributed by atoms with E-state index in [9.17, 15) is 4.39 Å². The van der Waals surface area contributed by atoms with Gasteiger partial charge in [0, 0.05) is 18.5 Å². The Kier molecular flexibility index (Phi) is 1.48. The first-order valence-electron chi connectivity index (χ1n) is 4.23. The van der Waals surface area contributed by atoms with E-state index in [-0.39, 0.29) is 12.0 Å². The quantitative estimate of drug-likeness (QED) is 0.582. The third-order valence-electron chi connectivity index (χ3n) is 3.38. The Balaban J connectivity index is 2.19. The lowest BCUT2D eigenvalue weighted by Crippen LogP contribution is -2.50. The first-order valence-corrected chi connectivity index (χ1v) is 4.23. The van der Waals surface area contributed by atoms with Gasteiger partial charge >= 0.3 is 0 Å². The lowest BCUT2D eigenvalue weighted by Gasteiger charge is -2.45. The fraction of sp³-hybridized carbons (Fsp3) is 1.00. The molecule has 3 heteroatoms. The molecule has 1 aliphatic heterocycles. The van der Waals surface area contributed by atoms with E-state index >= 15 is 0 Å². The summed E-state index contributed by atoms with van der Waals surface area (Å²) in [6, 6.07) is 0. The summed E-state index contributed by atoms with van der Waals surface area (Å²) in [6.07, 6.45) is 3.00. The predicted molar refractivity (Wildman–Crippen MR) is 40.1 cm³/mol. The number of rotatable bonds is 1. The summed E-state index contributed by atoms with van der Waals surface area (Å²) >= 11 is 0. The number of halogens is 1. The van der Waals surface area contributed by atoms with Gasteiger partial charge in [0.1, 0.15) is 0 Å². The van der Waals surface area contributed by atoms with E-state index in [0.717, 1.165) is 25.8 Å². The predicted octanol–water partition coefficient (Wildman–Crippen LogP) is 0.460. The fourth-order valence-corrected chi connectivity index (χ4v) is 2.30. The maximum atomic E-state index is 13.8. The monoisotopic (exact) mass is 159 g/mol. The molecule has 2 fully saturated rings. The van der Waals surface area contributed by atoms with Crippen LogP contribution in [0.25, 0.3) is 0 Å². The maximum Gasteiger partial charge on any atom is 0.153 e. The van der Waals surface area contributed by atoms with Gasteiger partial charge in [-0.3, -0.25) is 0 Å². The molecule has 1 unspecified atom stereocenters. The van der Waals surface area contributed by atoms with E-state index in [1.165, 1.54) is 0 Å². The highest BCUT2D eigenvalue weighted by Gasteiger charge is 2.58. The van der Waals surface area contributed by atoms with Crippen LogP contribution in [0.1, 0.15) is 19.3 Å². The average molecular weight is 159 g/mol. The summed E-state index contributed by atoms with van der Waals surface area (Å²) in [5.41, 5.74) is -1.53. The third-order valence-corrected chi connectivity index (χ3v) is 3.38. The van der Waals surface area contributed by atoms with Gasteiger partial charge in [0.2, 0.25) is 0 Å². The van der Waals surface area contributed by atoms with Crippen molar-refractivity contribution in [1.29, 1.82) is 0 Å². The van der Waals surface area contributed by atoms with E-state index < -0.39 is 5.67 Å². The molecule has 0 amide bonds. The molecule has 0 aromatic rings. The molecule has 0 aromatic heterocycles. The Bertz CT molecular complexity index is 160. The molecule has 64 valence electrons. The van der Waals surface area contributed by atoms with Crippen molar-refractivity contribution >= 4 is 0 Å². The third kappa shape index (κ3) is 0.783. The normalized spacial score (nSPS) is 40.9. The van der Waals surface area contributed by atoms with Crippen LogP contribution in [0.4, 0.5) is 4.39 Å². The lowest BCUT2D eigenvalue weighted by molar-refractivity contribution is -0.0588. The van der Waals surface area contributed by atoms with Gasteiger partial charge in [0.15, 0.2) is 5.67 Å². The smallest absolute Gasteiger partial charge is 0.153 e. The fourth-order valence-electron chi connectivity index (χ4n) is 2.30. The summed E-state index contributed by atoms with van der Waals surface area (Å²) in [6.45, 7) is 0.771. The highest BCUT2D eigenvalue weighted by molar-refractivity contribution is 5.10. The van der Waals surface area contributed by atoms with Crippen molar-refractivity contribution < 1.29 is 9.50 Å². The molecule has 0 radical (unpaired) electrons. The van der Waals surface area contributed by atoms with Crippen LogP contribution in [0.2, 0.25) is 0 Å². The van der Waals surface area contributed by atoms with Gasteiger partial charge in [0.25, 0.3) is 0 Å². The lowest BCUT2D eigenvalue weighted by atomic mass is 9.61. The Morgan fingerprint density at radius 2 is 2.09 bits per heavy atom. The Morgan fingerprint density at radius 1 is 1.36 bits per heavy atom. The van der Waals surface area contributed by atoms with E-state index in [1.807, 2.05) is 0 Å². The average Bonchev–Trinajstić information content (AvgIpc) is 2.27. The molecule has 0 bridgehead atoms. The highest BCUT2D eigenvalue weighted by atomic mass is 19.1. The molecule has 2 aliphatic rings. The topological polar surface area (TPSA) is 32.3 Å². The van der Waals surface area contributed by atoms with Gasteiger partial charge in [-0.15, -0.1) is 0 Å². The van der Waals surface area contributed by atoms with Gasteiger partial charge in [-0.2, -0.15) is 0 Å². The second kappa shape index (κ2) is 2.17. The van der Waals surface area contributed by atoms with Crippen molar-refractivity contribution in [2.75, 3.05) is 19.7 Å². The van der Waals surface area contributed by atoms with Crippen molar-refractivity contribution in [2.24, 2.45) is 5.41 Å². The summed E-state index contributed by atoms with van der Waals surface area (Å²) < 4.78 is 13.8. The van der Waals surface area contributed by atoms with Gasteiger partial charge in [0.05, 0.1) is 6.61 Å². The first-order chi connectivity index (χ1) is 5.22. The van der Waals surface area contributed by atoms with Crippen LogP contribution in [0.5, 0.6) is 0 Å². The van der Waals surface area contributed by atoms with E-state index in [1.54, 1.807) is 0 Å². The van der Waals surface area contributed by atoms with Crippen LogP contribution in [0.15, 0.2) is 0 Å². The highest BCUT2D eigenvalue weighted by Crippen LogP contribution is 2.52. The molecule has 1 spiro atoms. The molecule has 11 heavy (non-hydrogen) atoms. The van der Waals surface area contributed by atoms with Crippen LogP contribution in [-0.4, -0.2) is 30.5 Å². The zero-order valence-corrected chi connectivity index (χ0v) is 6.57. The van der Waals surface area contributed by atoms with E-state index in [4.69, 9.17) is 5.11 Å². The Labute approximate surface area is 65.8 Å². The second-order valence-electron chi connectivity index (χ2n) is 3.86. The number of nitrogens with one attached hydrogen (secondary N) is 1. The number of hydrogen-bond donors (Lipinski definition) is 2. The summed E-state index contributed by atoms with van der Waals surface area (Å²) in [4.78, 5) is 0. The van der Waals surface area contributed by atoms with E-state index in [0.29, 0.717) is 6.54 Å². The number of aliphatic hydroxyl groups is 1. The molecular formula is C8H14FNO. The van der Waals surface area contributed by atoms with Gasteiger partial charge < -0.3 is 10.4 Å². The van der Waals surface area contributed by atoms with E-state index in [2.05, 4.69) is 5.32 Å². The number of aliphatic hydroxyl groups excluding tert-OH is 1. The maximum absolute atomic E-state index is 13.8. The van der Waals surface area contributed by atoms with Crippen LogP contribution in [0.3, 0.4) is 0 Å². The van der Waals surface area contributed by atoms with Crippen LogP contribution < -0.4 is 5.32 Å². The van der Waals surface area contributed by atoms with Crippen molar-refractivity contribution in [3.63, 3.8) is 0 Å². The molecule has 1 saturated heterocycles. The molecule has 1 aliphatic carbocycles. The number of hydrogen-bond acceptors (Lipinski definition) is 2. The van der Waals surface area contributed by atoms with Crippen molar-refractivity contribution in [2.45, 2.75) is 24.9 Å². The summed E-state index contributed by atoms with van der Waals surface area (Å²) in [5.74, 6) is 0. The minimum atomic E-state index is -1.33. The Hall–Kier alpha value is -0.150. The Morgan fingerprint density at radius 3 is 2.45 bits per heavy atom. The second-order valence-corrected chi connectivity index (χ2v) is 3.86. The molecule has 2 N–H and O–H groups in total. The zero-order valence-electron chi connectivity index (χ0n) is 6.57. The molecule has 1 atom stereocenters. The minimum absolute atomic E-state index is 0.207. The van der Waals surface area contributed by atoms with Crippen LogP contribution >= 0.6 is 0 Å². The largest absolute Gasteiger partial charge is 0.393 e. The standard InChI is InChI=1S/C8H14FNO/c9-8(6-11)5-10-4-7(8)2-1-3-7/h10-11H,1-6H2. The summed E-state index contributed by atoms with van der Waals surface area (Å²) in [5, 5.41) is 11.9. The van der Waals surface area contributed by atoms with Gasteiger partial charge in [-0.25, -0.2) is 4.39 Å². The van der Waals surface area contributed by atoms with Gasteiger partial charge in [-0.05, 0) is 12.8 Å². The SMILES string of the molecule is OCC1(F)CNCC12CCC2.